The number of hydrogen-bond donors (Lipinski definition) is 0. The molecule has 0 unspecified atom stereocenters. The molecule has 6 heteroatoms. The maximum Gasteiger partial charge on any atom is 0.267 e. The van der Waals surface area contributed by atoms with Crippen molar-refractivity contribution < 1.29 is 4.42 Å². The van der Waals surface area contributed by atoms with Gasteiger partial charge in [-0.2, -0.15) is 0 Å². The molecule has 16 heavy (non-hydrogen) atoms. The van der Waals surface area contributed by atoms with E-state index in [9.17, 15) is 4.79 Å². The summed E-state index contributed by atoms with van der Waals surface area (Å²) in [6.07, 6.45) is 3.02. The van der Waals surface area contributed by atoms with Crippen molar-refractivity contribution in [2.24, 2.45) is 0 Å². The molecule has 2 rings (SSSR count). The first-order valence-corrected chi connectivity index (χ1v) is 5.78. The van der Waals surface area contributed by atoms with E-state index in [0.29, 0.717) is 16.0 Å². The Morgan fingerprint density at radius 2 is 2.25 bits per heavy atom. The van der Waals surface area contributed by atoms with Crippen molar-refractivity contribution >= 4 is 22.6 Å². The van der Waals surface area contributed by atoms with Gasteiger partial charge in [0, 0.05) is 6.20 Å². The number of aromatic nitrogens is 3. The van der Waals surface area contributed by atoms with Crippen LogP contribution in [0.4, 0.5) is 0 Å². The van der Waals surface area contributed by atoms with E-state index in [1.54, 1.807) is 0 Å². The Kier molecular flexibility index (Phi) is 3.08. The zero-order valence-electron chi connectivity index (χ0n) is 8.90. The van der Waals surface area contributed by atoms with Crippen molar-refractivity contribution in [3.63, 3.8) is 0 Å². The van der Waals surface area contributed by atoms with Crippen LogP contribution in [0.15, 0.2) is 21.7 Å². The fraction of sp³-hybridized carbons (Fsp3) is 0.300. The Morgan fingerprint density at radius 1 is 1.50 bits per heavy atom. The molecule has 0 fully saturated rings. The molecule has 0 aliphatic rings. The molecule has 2 aromatic heterocycles. The van der Waals surface area contributed by atoms with Crippen molar-refractivity contribution in [3.8, 4) is 0 Å². The minimum Gasteiger partial charge on any atom is -0.444 e. The van der Waals surface area contributed by atoms with Gasteiger partial charge in [0.05, 0.1) is 15.6 Å². The summed E-state index contributed by atoms with van der Waals surface area (Å²) < 4.78 is 7.47. The molecule has 0 radical (unpaired) electrons. The predicted molar refractivity (Wildman–Crippen MR) is 66.3 cm³/mol. The van der Waals surface area contributed by atoms with Crippen LogP contribution in [0.2, 0.25) is 0 Å². The smallest absolute Gasteiger partial charge is 0.267 e. The lowest BCUT2D eigenvalue weighted by molar-refractivity contribution is 0.452. The maximum absolute atomic E-state index is 11.7. The van der Waals surface area contributed by atoms with E-state index < -0.39 is 0 Å². The fourth-order valence-electron chi connectivity index (χ4n) is 1.29. The van der Waals surface area contributed by atoms with Gasteiger partial charge in [-0.05, 0) is 36.4 Å². The van der Waals surface area contributed by atoms with Crippen LogP contribution in [0.3, 0.4) is 0 Å². The van der Waals surface area contributed by atoms with Gasteiger partial charge in [0.15, 0.2) is 0 Å². The van der Waals surface area contributed by atoms with Crippen LogP contribution in [0.25, 0.3) is 0 Å². The van der Waals surface area contributed by atoms with Crippen LogP contribution in [-0.2, 0) is 6.54 Å². The number of nitrogens with zero attached hydrogens (tertiary/aromatic N) is 3. The van der Waals surface area contributed by atoms with Crippen molar-refractivity contribution in [2.45, 2.75) is 20.4 Å². The van der Waals surface area contributed by atoms with Crippen molar-refractivity contribution in [1.82, 2.24) is 14.5 Å². The molecule has 0 saturated heterocycles. The third-order valence-corrected chi connectivity index (χ3v) is 2.98. The molecule has 0 spiro atoms. The van der Waals surface area contributed by atoms with Crippen molar-refractivity contribution in [3.05, 3.63) is 43.8 Å². The quantitative estimate of drug-likeness (QED) is 0.783. The van der Waals surface area contributed by atoms with Crippen LogP contribution in [0, 0.1) is 17.4 Å². The first kappa shape index (κ1) is 11.3. The van der Waals surface area contributed by atoms with Crippen molar-refractivity contribution in [1.29, 1.82) is 0 Å². The number of aryl methyl sites for hydroxylation is 2. The van der Waals surface area contributed by atoms with Crippen LogP contribution >= 0.6 is 22.6 Å². The lowest BCUT2D eigenvalue weighted by Gasteiger charge is -2.01. The Bertz CT molecular complexity index is 554. The molecule has 84 valence electrons. The Hall–Kier alpha value is -1.18. The minimum absolute atomic E-state index is 0.0795. The van der Waals surface area contributed by atoms with E-state index in [2.05, 4.69) is 9.97 Å². The molecule has 2 heterocycles. The predicted octanol–water partition coefficient (Wildman–Crippen LogP) is 1.50. The van der Waals surface area contributed by atoms with Crippen LogP contribution < -0.4 is 5.56 Å². The first-order valence-electron chi connectivity index (χ1n) is 4.71. The van der Waals surface area contributed by atoms with Gasteiger partial charge in [0.1, 0.15) is 12.3 Å². The third kappa shape index (κ3) is 2.16. The first-order chi connectivity index (χ1) is 7.58. The largest absolute Gasteiger partial charge is 0.444 e. The van der Waals surface area contributed by atoms with Gasteiger partial charge in [0.25, 0.3) is 5.56 Å². The second-order valence-corrected chi connectivity index (χ2v) is 4.59. The van der Waals surface area contributed by atoms with Gasteiger partial charge in [-0.25, -0.2) is 9.97 Å². The summed E-state index contributed by atoms with van der Waals surface area (Å²) in [4.78, 5) is 19.9. The van der Waals surface area contributed by atoms with Gasteiger partial charge in [-0.3, -0.25) is 9.36 Å². The summed E-state index contributed by atoms with van der Waals surface area (Å²) in [5.41, 5.74) is 0.769. The molecule has 0 aliphatic carbocycles. The highest BCUT2D eigenvalue weighted by Gasteiger charge is 2.08. The second-order valence-electron chi connectivity index (χ2n) is 3.42. The Morgan fingerprint density at radius 3 is 2.88 bits per heavy atom. The summed E-state index contributed by atoms with van der Waals surface area (Å²) in [7, 11) is 0. The molecular weight excluding hydrogens is 321 g/mol. The van der Waals surface area contributed by atoms with E-state index in [0.717, 1.165) is 11.5 Å². The number of rotatable bonds is 2. The summed E-state index contributed by atoms with van der Waals surface area (Å²) >= 11 is 1.96. The summed E-state index contributed by atoms with van der Waals surface area (Å²) in [6, 6.07) is 0. The maximum atomic E-state index is 11.7. The average molecular weight is 331 g/mol. The minimum atomic E-state index is -0.0795. The second kappa shape index (κ2) is 4.36. The van der Waals surface area contributed by atoms with E-state index in [1.807, 2.05) is 36.4 Å². The zero-order chi connectivity index (χ0) is 11.7. The fourth-order valence-corrected chi connectivity index (χ4v) is 1.76. The van der Waals surface area contributed by atoms with E-state index >= 15 is 0 Å². The Labute approximate surface area is 106 Å². The van der Waals surface area contributed by atoms with E-state index in [4.69, 9.17) is 4.42 Å². The standard InChI is InChI=1S/C10H10IN3O2/c1-6-7(2)16-9(13-6)4-14-5-12-3-8(11)10(14)15/h3,5H,4H2,1-2H3. The third-order valence-electron chi connectivity index (χ3n) is 2.24. The van der Waals surface area contributed by atoms with Gasteiger partial charge in [0.2, 0.25) is 5.89 Å². The van der Waals surface area contributed by atoms with Gasteiger partial charge < -0.3 is 4.42 Å². The summed E-state index contributed by atoms with van der Waals surface area (Å²) in [6.45, 7) is 4.04. The molecule has 0 N–H and O–H groups in total. The monoisotopic (exact) mass is 331 g/mol. The molecule has 0 bridgehead atoms. The molecule has 0 aliphatic heterocycles. The summed E-state index contributed by atoms with van der Waals surface area (Å²) in [5, 5.41) is 0. The normalized spacial score (nSPS) is 10.7. The highest BCUT2D eigenvalue weighted by atomic mass is 127. The van der Waals surface area contributed by atoms with E-state index in [1.165, 1.54) is 17.1 Å². The average Bonchev–Trinajstić information content (AvgIpc) is 2.54. The molecule has 0 amide bonds. The van der Waals surface area contributed by atoms with Crippen LogP contribution in [-0.4, -0.2) is 14.5 Å². The SMILES string of the molecule is Cc1nc(Cn2cncc(I)c2=O)oc1C. The van der Waals surface area contributed by atoms with Crippen LogP contribution in [0.1, 0.15) is 17.3 Å². The molecule has 0 atom stereocenters. The van der Waals surface area contributed by atoms with Crippen LogP contribution in [0.5, 0.6) is 0 Å². The molecule has 2 aromatic rings. The summed E-state index contributed by atoms with van der Waals surface area (Å²) in [5.74, 6) is 1.31. The number of oxazole rings is 1. The number of halogens is 1. The molecular formula is C10H10IN3O2. The highest BCUT2D eigenvalue weighted by molar-refractivity contribution is 14.1. The molecule has 0 aromatic carbocycles. The van der Waals surface area contributed by atoms with E-state index in [-0.39, 0.29) is 5.56 Å². The zero-order valence-corrected chi connectivity index (χ0v) is 11.1. The molecule has 0 saturated carbocycles. The molecule has 5 nitrogen and oxygen atoms in total. The lowest BCUT2D eigenvalue weighted by atomic mass is 10.4. The van der Waals surface area contributed by atoms with Crippen molar-refractivity contribution in [2.75, 3.05) is 0 Å². The lowest BCUT2D eigenvalue weighted by Crippen LogP contribution is -2.23. The highest BCUT2D eigenvalue weighted by Crippen LogP contribution is 2.08. The Balaban J connectivity index is 2.34. The number of hydrogen-bond acceptors (Lipinski definition) is 4. The van der Waals surface area contributed by atoms with Gasteiger partial charge >= 0.3 is 0 Å². The topological polar surface area (TPSA) is 60.9 Å². The van der Waals surface area contributed by atoms with Gasteiger partial charge in [-0.1, -0.05) is 0 Å². The van der Waals surface area contributed by atoms with Gasteiger partial charge in [-0.15, -0.1) is 0 Å².